The number of ether oxygens (including phenoxy) is 3. The van der Waals surface area contributed by atoms with Crippen LogP contribution in [-0.2, 0) is 35.2 Å². The minimum Gasteiger partial charge on any atom is -0.496 e. The number of pyridine rings is 1. The predicted molar refractivity (Wildman–Crippen MR) is 198 cm³/mol. The molecule has 2 saturated carbocycles. The number of halogens is 4. The van der Waals surface area contributed by atoms with Gasteiger partial charge in [0.2, 0.25) is 11.8 Å². The highest BCUT2D eigenvalue weighted by molar-refractivity contribution is 6.36. The first-order valence-corrected chi connectivity index (χ1v) is 18.6. The SMILES string of the molecule is COc1cc(-c2cccc(-c3cccc4c3CC[C@@H]4Oc3nc(OC)c(CCC4(C(=O)O)CC4)cc3C(F)(F)F)c2Cl)ccc1CNC[C@@H]1CCC(=O)C1. The fraction of sp³-hybridized carbons (Fsp3) is 0.405. The van der Waals surface area contributed by atoms with Crippen LogP contribution in [0.3, 0.4) is 0 Å². The molecule has 0 unspecified atom stereocenters. The van der Waals surface area contributed by atoms with E-state index in [0.717, 1.165) is 58.0 Å². The third-order valence-corrected chi connectivity index (χ3v) is 11.6. The van der Waals surface area contributed by atoms with Crippen molar-refractivity contribution in [3.05, 3.63) is 93.5 Å². The number of Topliss-reactive ketones (excluding diaryl/α,β-unsaturated/α-hetero) is 1. The molecule has 7 rings (SSSR count). The number of benzene rings is 3. The maximum absolute atomic E-state index is 14.5. The number of rotatable bonds is 14. The highest BCUT2D eigenvalue weighted by Crippen LogP contribution is 2.51. The molecule has 2 fully saturated rings. The van der Waals surface area contributed by atoms with Gasteiger partial charge in [0.1, 0.15) is 23.2 Å². The fourth-order valence-corrected chi connectivity index (χ4v) is 8.23. The molecular weight excluding hydrogens is 721 g/mol. The van der Waals surface area contributed by atoms with Gasteiger partial charge < -0.3 is 24.6 Å². The molecule has 284 valence electrons. The summed E-state index contributed by atoms with van der Waals surface area (Å²) in [5.41, 5.74) is 4.28. The highest BCUT2D eigenvalue weighted by atomic mass is 35.5. The maximum atomic E-state index is 14.5. The third kappa shape index (κ3) is 7.66. The number of aryl methyl sites for hydroxylation is 1. The van der Waals surface area contributed by atoms with Crippen LogP contribution < -0.4 is 19.5 Å². The molecule has 1 aromatic heterocycles. The molecular formula is C42H42ClF3N2O6. The number of nitrogens with zero attached hydrogens (tertiary/aromatic N) is 1. The normalized spacial score (nSPS) is 18.7. The monoisotopic (exact) mass is 762 g/mol. The van der Waals surface area contributed by atoms with Crippen LogP contribution in [0.1, 0.15) is 78.9 Å². The lowest BCUT2D eigenvalue weighted by Gasteiger charge is -2.21. The molecule has 0 saturated heterocycles. The summed E-state index contributed by atoms with van der Waals surface area (Å²) in [6, 6.07) is 18.4. The lowest BCUT2D eigenvalue weighted by molar-refractivity contribution is -0.143. The zero-order valence-electron chi connectivity index (χ0n) is 30.2. The maximum Gasteiger partial charge on any atom is 0.421 e. The molecule has 0 aliphatic heterocycles. The van der Waals surface area contributed by atoms with Crippen molar-refractivity contribution in [3.8, 4) is 39.8 Å². The van der Waals surface area contributed by atoms with Gasteiger partial charge in [-0.1, -0.05) is 60.1 Å². The number of carbonyl (C=O) groups excluding carboxylic acids is 1. The Hall–Kier alpha value is -4.61. The molecule has 0 amide bonds. The fourth-order valence-electron chi connectivity index (χ4n) is 7.89. The van der Waals surface area contributed by atoms with Crippen LogP contribution in [0.25, 0.3) is 22.3 Å². The largest absolute Gasteiger partial charge is 0.496 e. The van der Waals surface area contributed by atoms with E-state index < -0.39 is 35.1 Å². The number of aromatic nitrogens is 1. The van der Waals surface area contributed by atoms with E-state index in [-0.39, 0.29) is 24.3 Å². The van der Waals surface area contributed by atoms with E-state index in [4.69, 9.17) is 25.8 Å². The summed E-state index contributed by atoms with van der Waals surface area (Å²) >= 11 is 7.15. The first-order valence-electron chi connectivity index (χ1n) is 18.3. The van der Waals surface area contributed by atoms with E-state index in [1.54, 1.807) is 7.11 Å². The first-order chi connectivity index (χ1) is 25.9. The summed E-state index contributed by atoms with van der Waals surface area (Å²) < 4.78 is 60.6. The van der Waals surface area contributed by atoms with E-state index >= 15 is 0 Å². The number of hydrogen-bond acceptors (Lipinski definition) is 7. The summed E-state index contributed by atoms with van der Waals surface area (Å²) in [6.07, 6.45) is -0.996. The molecule has 3 aliphatic rings. The number of nitrogens with one attached hydrogen (secondary N) is 1. The third-order valence-electron chi connectivity index (χ3n) is 11.2. The molecule has 8 nitrogen and oxygen atoms in total. The van der Waals surface area contributed by atoms with Crippen LogP contribution in [0, 0.1) is 11.3 Å². The number of fused-ring (bicyclic) bond motifs is 1. The average Bonchev–Trinajstić information content (AvgIpc) is 3.68. The molecule has 1 heterocycles. The Morgan fingerprint density at radius 3 is 2.41 bits per heavy atom. The van der Waals surface area contributed by atoms with Crippen molar-refractivity contribution in [2.75, 3.05) is 20.8 Å². The van der Waals surface area contributed by atoms with E-state index in [1.165, 1.54) is 7.11 Å². The van der Waals surface area contributed by atoms with E-state index in [2.05, 4.69) is 10.3 Å². The minimum atomic E-state index is -4.76. The Morgan fingerprint density at radius 2 is 1.72 bits per heavy atom. The zero-order valence-corrected chi connectivity index (χ0v) is 30.9. The molecule has 3 aromatic carbocycles. The molecule has 0 spiro atoms. The molecule has 0 radical (unpaired) electrons. The van der Waals surface area contributed by atoms with Crippen molar-refractivity contribution < 1.29 is 42.1 Å². The number of methoxy groups -OCH3 is 2. The second kappa shape index (κ2) is 15.3. The van der Waals surface area contributed by atoms with Gasteiger partial charge in [-0.25, -0.2) is 0 Å². The summed E-state index contributed by atoms with van der Waals surface area (Å²) in [5, 5.41) is 13.6. The summed E-state index contributed by atoms with van der Waals surface area (Å²) in [5.74, 6) is -0.119. The number of carboxylic acid groups (broad SMARTS) is 1. The number of hydrogen-bond donors (Lipinski definition) is 2. The summed E-state index contributed by atoms with van der Waals surface area (Å²) in [4.78, 5) is 27.5. The van der Waals surface area contributed by atoms with Crippen molar-refractivity contribution in [1.82, 2.24) is 10.3 Å². The van der Waals surface area contributed by atoms with Crippen LogP contribution in [0.15, 0.2) is 60.7 Å². The lowest BCUT2D eigenvalue weighted by atomic mass is 9.93. The average molecular weight is 763 g/mol. The number of aliphatic carboxylic acids is 1. The van der Waals surface area contributed by atoms with Gasteiger partial charge in [-0.3, -0.25) is 9.59 Å². The van der Waals surface area contributed by atoms with Crippen LogP contribution in [-0.4, -0.2) is 42.6 Å². The number of carboxylic acids is 1. The molecule has 12 heteroatoms. The van der Waals surface area contributed by atoms with E-state index in [0.29, 0.717) is 67.5 Å². The van der Waals surface area contributed by atoms with Crippen LogP contribution in [0.2, 0.25) is 5.02 Å². The van der Waals surface area contributed by atoms with Gasteiger partial charge in [0, 0.05) is 41.6 Å². The molecule has 54 heavy (non-hydrogen) atoms. The molecule has 0 bridgehead atoms. The van der Waals surface area contributed by atoms with Crippen LogP contribution in [0.4, 0.5) is 13.2 Å². The quantitative estimate of drug-likeness (QED) is 0.131. The first kappa shape index (κ1) is 37.7. The Kier molecular flexibility index (Phi) is 10.7. The Bertz CT molecular complexity index is 2080. The van der Waals surface area contributed by atoms with Gasteiger partial charge in [-0.15, -0.1) is 0 Å². The predicted octanol–water partition coefficient (Wildman–Crippen LogP) is 9.43. The van der Waals surface area contributed by atoms with E-state index in [9.17, 15) is 27.9 Å². The number of alkyl halides is 3. The Labute approximate surface area is 317 Å². The van der Waals surface area contributed by atoms with Crippen molar-refractivity contribution in [1.29, 1.82) is 0 Å². The second-order valence-electron chi connectivity index (χ2n) is 14.6. The van der Waals surface area contributed by atoms with Crippen LogP contribution in [0.5, 0.6) is 17.5 Å². The van der Waals surface area contributed by atoms with E-state index in [1.807, 2.05) is 54.6 Å². The van der Waals surface area contributed by atoms with Gasteiger partial charge in [-0.2, -0.15) is 18.2 Å². The molecule has 2 N–H and O–H groups in total. The molecule has 3 aliphatic carbocycles. The zero-order chi connectivity index (χ0) is 38.2. The van der Waals surface area contributed by atoms with Gasteiger partial charge in [0.05, 0.1) is 24.7 Å². The van der Waals surface area contributed by atoms with Gasteiger partial charge in [0.15, 0.2) is 0 Å². The Morgan fingerprint density at radius 1 is 0.963 bits per heavy atom. The second-order valence-corrected chi connectivity index (χ2v) is 15.0. The number of carbonyl (C=O) groups is 2. The summed E-state index contributed by atoms with van der Waals surface area (Å²) in [7, 11) is 2.96. The molecule has 4 aromatic rings. The highest BCUT2D eigenvalue weighted by Gasteiger charge is 2.49. The van der Waals surface area contributed by atoms with Crippen molar-refractivity contribution >= 4 is 23.4 Å². The number of ketones is 1. The van der Waals surface area contributed by atoms with Gasteiger partial charge in [-0.05, 0) is 91.8 Å². The van der Waals surface area contributed by atoms with Gasteiger partial charge >= 0.3 is 12.1 Å². The summed E-state index contributed by atoms with van der Waals surface area (Å²) in [6.45, 7) is 1.38. The minimum absolute atomic E-state index is 0.0163. The lowest BCUT2D eigenvalue weighted by Crippen LogP contribution is -2.21. The van der Waals surface area contributed by atoms with Crippen LogP contribution >= 0.6 is 11.6 Å². The standard InChI is InChI=1S/C42H42ClF3N2O6/c1-52-36-21-25(10-11-27(36)23-47-22-24-9-12-28(49)19-24)29-5-3-8-33(37(29)43)30-6-4-7-32-31(30)13-14-35(32)54-39-34(42(44,45)46)20-26(38(48-39)53-2)15-16-41(17-18-41)40(50)51/h3-8,10-11,20-21,24,35,47H,9,12-19,22-23H2,1-2H3,(H,50,51)/t24-,35+/m1/s1. The smallest absolute Gasteiger partial charge is 0.421 e. The molecule has 2 atom stereocenters. The van der Waals surface area contributed by atoms with Crippen molar-refractivity contribution in [3.63, 3.8) is 0 Å². The van der Waals surface area contributed by atoms with Gasteiger partial charge in [0.25, 0.3) is 0 Å². The Balaban J connectivity index is 1.13. The topological polar surface area (TPSA) is 107 Å². The van der Waals surface area contributed by atoms with Crippen molar-refractivity contribution in [2.45, 2.75) is 76.6 Å². The van der Waals surface area contributed by atoms with Crippen molar-refractivity contribution in [2.24, 2.45) is 11.3 Å².